The molecule has 244 valence electrons. The number of aliphatic hydroxyl groups excluding tert-OH is 1. The van der Waals surface area contributed by atoms with E-state index >= 15 is 4.39 Å². The number of likely N-dealkylation sites (tertiary alicyclic amines) is 1. The average Bonchev–Trinajstić information content (AvgIpc) is 3.61. The highest BCUT2D eigenvalue weighted by Gasteiger charge is 2.47. The summed E-state index contributed by atoms with van der Waals surface area (Å²) in [5.74, 6) is -0.862. The molecule has 4 heterocycles. The molecule has 3 aliphatic rings. The van der Waals surface area contributed by atoms with Crippen LogP contribution < -0.4 is 9.91 Å². The Kier molecular flexibility index (Phi) is 8.51. The second-order valence-electron chi connectivity index (χ2n) is 11.4. The van der Waals surface area contributed by atoms with E-state index in [-0.39, 0.29) is 55.2 Å². The lowest BCUT2D eigenvalue weighted by Crippen LogP contribution is -2.62. The van der Waals surface area contributed by atoms with Gasteiger partial charge in [0.15, 0.2) is 11.6 Å². The Bertz CT molecular complexity index is 1720. The van der Waals surface area contributed by atoms with E-state index in [1.807, 2.05) is 0 Å². The molecule has 0 spiro atoms. The van der Waals surface area contributed by atoms with Crippen LogP contribution in [0, 0.1) is 23.0 Å². The van der Waals surface area contributed by atoms with E-state index in [2.05, 4.69) is 11.2 Å². The maximum absolute atomic E-state index is 15.7. The number of amides is 1. The maximum Gasteiger partial charge on any atom is 0.409 e. The number of alkyl halides is 3. The first-order valence-corrected chi connectivity index (χ1v) is 15.6. The van der Waals surface area contributed by atoms with Gasteiger partial charge in [-0.25, -0.2) is 13.5 Å². The molecule has 2 saturated heterocycles. The molecule has 1 amide bonds. The number of hydrazine groups is 1. The van der Waals surface area contributed by atoms with Crippen LogP contribution in [0.25, 0.3) is 16.6 Å². The number of piperazine rings is 1. The van der Waals surface area contributed by atoms with Crippen LogP contribution in [0.4, 0.5) is 33.5 Å². The van der Waals surface area contributed by atoms with Gasteiger partial charge in [-0.2, -0.15) is 23.5 Å². The number of thioether (sulfide) groups is 1. The van der Waals surface area contributed by atoms with Gasteiger partial charge in [-0.1, -0.05) is 11.8 Å². The number of anilines is 2. The fraction of sp³-hybridized carbons (Fsp3) is 0.433. The molecule has 16 heteroatoms. The number of nitrogens with zero attached hydrogens (tertiary/aromatic N) is 8. The van der Waals surface area contributed by atoms with E-state index in [0.29, 0.717) is 34.4 Å². The van der Waals surface area contributed by atoms with Gasteiger partial charge >= 0.3 is 6.18 Å². The molecule has 1 N–H and O–H groups in total. The standard InChI is InChI=1S/C30H31F5N8O2S/c1-3-42-29(38(2)43-17-46-24(12-36)28(43)18-4-6-19(31)7-5-18)22-10-20(11-23(32)27(22)37-42)41-9-8-39(15-25(41)30(33,34)35)16-26(45)40-13-21(44)14-40/h4-7,10-11,21,25,44H,3,8-9,13-17H2,1-2H3. The molecule has 0 aliphatic carbocycles. The Morgan fingerprint density at radius 1 is 1.15 bits per heavy atom. The molecule has 0 bridgehead atoms. The van der Waals surface area contributed by atoms with Crippen LogP contribution in [0.2, 0.25) is 0 Å². The second-order valence-corrected chi connectivity index (χ2v) is 12.3. The summed E-state index contributed by atoms with van der Waals surface area (Å²) in [5, 5.41) is 27.5. The minimum Gasteiger partial charge on any atom is -0.389 e. The van der Waals surface area contributed by atoms with Crippen LogP contribution in [0.15, 0.2) is 41.3 Å². The summed E-state index contributed by atoms with van der Waals surface area (Å²) in [6.45, 7) is 1.79. The highest BCUT2D eigenvalue weighted by Crippen LogP contribution is 2.42. The number of aryl methyl sites for hydroxylation is 1. The molecular formula is C30H31F5N8O2S. The third kappa shape index (κ3) is 5.82. The van der Waals surface area contributed by atoms with Crippen molar-refractivity contribution in [2.75, 3.05) is 62.1 Å². The van der Waals surface area contributed by atoms with E-state index in [1.54, 1.807) is 40.8 Å². The van der Waals surface area contributed by atoms with E-state index in [4.69, 9.17) is 0 Å². The number of allylic oxidation sites excluding steroid dienone is 1. The SMILES string of the molecule is CCn1nc2c(F)cc(N3CCN(CC(=O)N4CC(O)C4)CC3C(F)(F)F)cc2c1N(C)N1CSC(C#N)=C1c1ccc(F)cc1. The zero-order chi connectivity index (χ0) is 32.9. The number of halogens is 5. The predicted octanol–water partition coefficient (Wildman–Crippen LogP) is 3.84. The fourth-order valence-electron chi connectivity index (χ4n) is 6.11. The number of aliphatic hydroxyl groups is 1. The Hall–Kier alpha value is -4.07. The third-order valence-electron chi connectivity index (χ3n) is 8.49. The monoisotopic (exact) mass is 662 g/mol. The molecule has 1 aromatic heterocycles. The number of aromatic nitrogens is 2. The zero-order valence-electron chi connectivity index (χ0n) is 25.0. The fourth-order valence-corrected chi connectivity index (χ4v) is 7.09. The Morgan fingerprint density at radius 3 is 2.50 bits per heavy atom. The molecule has 46 heavy (non-hydrogen) atoms. The number of benzene rings is 2. The van der Waals surface area contributed by atoms with Crippen molar-refractivity contribution >= 4 is 45.8 Å². The molecule has 2 fully saturated rings. The summed E-state index contributed by atoms with van der Waals surface area (Å²) in [6.07, 6.45) is -5.29. The van der Waals surface area contributed by atoms with Crippen LogP contribution in [-0.2, 0) is 11.3 Å². The van der Waals surface area contributed by atoms with Crippen LogP contribution >= 0.6 is 11.8 Å². The molecule has 3 aromatic rings. The summed E-state index contributed by atoms with van der Waals surface area (Å²) in [6, 6.07) is 8.42. The van der Waals surface area contributed by atoms with Gasteiger partial charge in [0.1, 0.15) is 28.4 Å². The molecule has 1 unspecified atom stereocenters. The first kappa shape index (κ1) is 31.9. The number of hydrogen-bond donors (Lipinski definition) is 1. The molecule has 0 saturated carbocycles. The quantitative estimate of drug-likeness (QED) is 0.379. The smallest absolute Gasteiger partial charge is 0.389 e. The average molecular weight is 663 g/mol. The van der Waals surface area contributed by atoms with Crippen molar-refractivity contribution < 1.29 is 31.9 Å². The van der Waals surface area contributed by atoms with Crippen molar-refractivity contribution in [1.82, 2.24) is 24.6 Å². The van der Waals surface area contributed by atoms with Gasteiger partial charge in [-0.15, -0.1) is 0 Å². The van der Waals surface area contributed by atoms with E-state index in [1.165, 1.54) is 39.8 Å². The minimum absolute atomic E-state index is 0.0170. The third-order valence-corrected chi connectivity index (χ3v) is 9.44. The van der Waals surface area contributed by atoms with E-state index in [0.717, 1.165) is 11.0 Å². The molecule has 10 nitrogen and oxygen atoms in total. The summed E-state index contributed by atoms with van der Waals surface area (Å²) < 4.78 is 74.4. The number of hydrogen-bond acceptors (Lipinski definition) is 9. The molecular weight excluding hydrogens is 631 g/mol. The molecule has 2 aromatic carbocycles. The van der Waals surface area contributed by atoms with Gasteiger partial charge in [-0.05, 0) is 43.3 Å². The maximum atomic E-state index is 15.7. The van der Waals surface area contributed by atoms with E-state index in [9.17, 15) is 32.7 Å². The van der Waals surface area contributed by atoms with Crippen LogP contribution in [-0.4, -0.2) is 106 Å². The van der Waals surface area contributed by atoms with Crippen molar-refractivity contribution in [3.8, 4) is 6.07 Å². The van der Waals surface area contributed by atoms with Crippen molar-refractivity contribution in [2.24, 2.45) is 0 Å². The van der Waals surface area contributed by atoms with Crippen LogP contribution in [0.5, 0.6) is 0 Å². The van der Waals surface area contributed by atoms with Gasteiger partial charge in [0.25, 0.3) is 0 Å². The summed E-state index contributed by atoms with van der Waals surface area (Å²) in [5.41, 5.74) is 1.11. The number of rotatable bonds is 7. The minimum atomic E-state index is -4.68. The van der Waals surface area contributed by atoms with Gasteiger partial charge in [0.05, 0.1) is 29.6 Å². The van der Waals surface area contributed by atoms with Crippen molar-refractivity contribution in [2.45, 2.75) is 31.8 Å². The summed E-state index contributed by atoms with van der Waals surface area (Å²) in [7, 11) is 1.70. The van der Waals surface area contributed by atoms with Crippen LogP contribution in [0.1, 0.15) is 12.5 Å². The van der Waals surface area contributed by atoms with Crippen molar-refractivity contribution in [1.29, 1.82) is 5.26 Å². The first-order valence-electron chi connectivity index (χ1n) is 14.7. The summed E-state index contributed by atoms with van der Waals surface area (Å²) >= 11 is 1.27. The Balaban J connectivity index is 1.34. The van der Waals surface area contributed by atoms with Crippen molar-refractivity contribution in [3.05, 3.63) is 58.5 Å². The topological polar surface area (TPSA) is 95.1 Å². The highest BCUT2D eigenvalue weighted by molar-refractivity contribution is 8.03. The Labute approximate surface area is 265 Å². The van der Waals surface area contributed by atoms with Gasteiger partial charge in [0.2, 0.25) is 5.91 Å². The van der Waals surface area contributed by atoms with Gasteiger partial charge in [-0.3, -0.25) is 19.7 Å². The van der Waals surface area contributed by atoms with Gasteiger partial charge in [0, 0.05) is 57.6 Å². The zero-order valence-corrected chi connectivity index (χ0v) is 25.8. The van der Waals surface area contributed by atoms with E-state index < -0.39 is 36.5 Å². The molecule has 1 atom stereocenters. The number of carbonyl (C=O) groups excluding carboxylic acids is 1. The number of nitriles is 1. The number of carbonyl (C=O) groups is 1. The first-order chi connectivity index (χ1) is 21.9. The van der Waals surface area contributed by atoms with Gasteiger partial charge < -0.3 is 14.9 Å². The van der Waals surface area contributed by atoms with Crippen molar-refractivity contribution in [3.63, 3.8) is 0 Å². The Morgan fingerprint density at radius 2 is 1.87 bits per heavy atom. The number of fused-ring (bicyclic) bond motifs is 1. The number of β-amino-alcohol motifs (C(OH)–C–C–N with tert-alkyl or cyclic N) is 1. The molecule has 3 aliphatic heterocycles. The lowest BCUT2D eigenvalue weighted by molar-refractivity contribution is -0.160. The predicted molar refractivity (Wildman–Crippen MR) is 163 cm³/mol. The lowest BCUT2D eigenvalue weighted by Gasteiger charge is -2.44. The second kappa shape index (κ2) is 12.3. The largest absolute Gasteiger partial charge is 0.409 e. The highest BCUT2D eigenvalue weighted by atomic mass is 32.2. The lowest BCUT2D eigenvalue weighted by atomic mass is 10.1. The normalized spacial score (nSPS) is 19.6. The molecule has 6 rings (SSSR count). The van der Waals surface area contributed by atoms with Crippen LogP contribution in [0.3, 0.4) is 0 Å². The molecule has 0 radical (unpaired) electrons. The summed E-state index contributed by atoms with van der Waals surface area (Å²) in [4.78, 5) is 16.9.